The molecule has 0 aliphatic heterocycles. The molecule has 4 aromatic rings. The fraction of sp³-hybridized carbons (Fsp3) is 0.250. The van der Waals surface area contributed by atoms with Crippen LogP contribution in [0.25, 0.3) is 22.3 Å². The number of anilines is 1. The number of hydrogen-bond acceptors (Lipinski definition) is 6. The Balaban J connectivity index is 1.68. The van der Waals surface area contributed by atoms with Gasteiger partial charge in [-0.1, -0.05) is 38.4 Å². The number of nitrogens with one attached hydrogen (secondary N) is 1. The van der Waals surface area contributed by atoms with Crippen LogP contribution in [0.2, 0.25) is 25.7 Å². The molecule has 0 aliphatic rings. The molecule has 2 aromatic carbocycles. The van der Waals surface area contributed by atoms with Crippen LogP contribution < -0.4 is 14.8 Å². The second-order valence-electron chi connectivity index (χ2n) is 9.91. The van der Waals surface area contributed by atoms with Crippen molar-refractivity contribution in [1.29, 1.82) is 0 Å². The number of hydrogen-bond donors (Lipinski definition) is 1. The molecule has 0 bridgehead atoms. The van der Waals surface area contributed by atoms with Crippen molar-refractivity contribution in [3.05, 3.63) is 73.3 Å². The SMILES string of the molecule is C=CC(=O)Nc1cccc(Oc2cnc3c(n2)c(-c2ccc(F)c(OC)c2)cn3COCC[Si](C)(C)C)c1. The third-order valence-electron chi connectivity index (χ3n) is 5.74. The van der Waals surface area contributed by atoms with Gasteiger partial charge in [0.2, 0.25) is 11.8 Å². The molecular weight excluding hydrogens is 503 g/mol. The Morgan fingerprint density at radius 1 is 1.21 bits per heavy atom. The lowest BCUT2D eigenvalue weighted by Gasteiger charge is -2.15. The van der Waals surface area contributed by atoms with E-state index >= 15 is 0 Å². The van der Waals surface area contributed by atoms with Crippen LogP contribution in [0.15, 0.2) is 67.5 Å². The van der Waals surface area contributed by atoms with Gasteiger partial charge in [-0.25, -0.2) is 14.4 Å². The predicted octanol–water partition coefficient (Wildman–Crippen LogP) is 6.48. The van der Waals surface area contributed by atoms with Gasteiger partial charge in [-0.15, -0.1) is 0 Å². The van der Waals surface area contributed by atoms with Crippen LogP contribution in [0.4, 0.5) is 10.1 Å². The molecule has 0 aliphatic carbocycles. The van der Waals surface area contributed by atoms with E-state index in [9.17, 15) is 9.18 Å². The fourth-order valence-corrected chi connectivity index (χ4v) is 4.47. The van der Waals surface area contributed by atoms with Gasteiger partial charge in [-0.3, -0.25) is 4.79 Å². The summed E-state index contributed by atoms with van der Waals surface area (Å²) in [5.74, 6) is 0.0925. The number of methoxy groups -OCH3 is 1. The Morgan fingerprint density at radius 3 is 2.76 bits per heavy atom. The van der Waals surface area contributed by atoms with Gasteiger partial charge in [-0.05, 0) is 41.9 Å². The number of nitrogens with zero attached hydrogens (tertiary/aromatic N) is 3. The maximum atomic E-state index is 14.1. The Morgan fingerprint density at radius 2 is 2.03 bits per heavy atom. The summed E-state index contributed by atoms with van der Waals surface area (Å²) >= 11 is 0. The van der Waals surface area contributed by atoms with Crippen molar-refractivity contribution in [2.45, 2.75) is 32.4 Å². The van der Waals surface area contributed by atoms with E-state index in [4.69, 9.17) is 19.2 Å². The van der Waals surface area contributed by atoms with E-state index < -0.39 is 13.9 Å². The Hall–Kier alpha value is -4.02. The van der Waals surface area contributed by atoms with E-state index in [1.54, 1.807) is 36.4 Å². The molecular formula is C28H31FN4O4Si. The number of fused-ring (bicyclic) bond motifs is 1. The van der Waals surface area contributed by atoms with E-state index in [0.29, 0.717) is 35.9 Å². The molecule has 0 unspecified atom stereocenters. The Labute approximate surface area is 222 Å². The topological polar surface area (TPSA) is 87.5 Å². The molecule has 2 heterocycles. The molecule has 198 valence electrons. The quantitative estimate of drug-likeness (QED) is 0.135. The minimum absolute atomic E-state index is 0.133. The highest BCUT2D eigenvalue weighted by molar-refractivity contribution is 6.76. The standard InChI is InChI=1S/C28H31FN4O4Si/c1-6-25(34)31-20-8-7-9-21(15-20)37-26-16-30-28-27(32-26)22(19-10-11-23(29)24(14-19)35-2)17-33(28)18-36-12-13-38(3,4)5/h6-11,14-17H,1,12-13,18H2,2-5H3,(H,31,34). The minimum atomic E-state index is -1.23. The first-order chi connectivity index (χ1) is 18.2. The highest BCUT2D eigenvalue weighted by Crippen LogP contribution is 2.33. The summed E-state index contributed by atoms with van der Waals surface area (Å²) < 4.78 is 33.1. The number of ether oxygens (including phenoxy) is 3. The third kappa shape index (κ3) is 6.64. The Bertz CT molecular complexity index is 1470. The van der Waals surface area contributed by atoms with Crippen LogP contribution in [0, 0.1) is 5.82 Å². The highest BCUT2D eigenvalue weighted by Gasteiger charge is 2.18. The van der Waals surface area contributed by atoms with Crippen LogP contribution in [-0.2, 0) is 16.3 Å². The van der Waals surface area contributed by atoms with Gasteiger partial charge in [0.15, 0.2) is 17.2 Å². The molecule has 0 saturated heterocycles. The first kappa shape index (κ1) is 27.0. The van der Waals surface area contributed by atoms with Crippen molar-refractivity contribution in [2.24, 2.45) is 0 Å². The van der Waals surface area contributed by atoms with Gasteiger partial charge in [0.05, 0.1) is 13.3 Å². The van der Waals surface area contributed by atoms with Crippen molar-refractivity contribution in [2.75, 3.05) is 19.0 Å². The van der Waals surface area contributed by atoms with Gasteiger partial charge >= 0.3 is 0 Å². The predicted molar refractivity (Wildman–Crippen MR) is 149 cm³/mol. The van der Waals surface area contributed by atoms with E-state index in [-0.39, 0.29) is 17.5 Å². The zero-order valence-electron chi connectivity index (χ0n) is 22.0. The molecule has 1 amide bonds. The van der Waals surface area contributed by atoms with Crippen LogP contribution in [-0.4, -0.2) is 42.2 Å². The molecule has 2 aromatic heterocycles. The van der Waals surface area contributed by atoms with Gasteiger partial charge in [0, 0.05) is 38.2 Å². The molecule has 0 atom stereocenters. The van der Waals surface area contributed by atoms with Crippen LogP contribution >= 0.6 is 0 Å². The highest BCUT2D eigenvalue weighted by atomic mass is 28.3. The molecule has 0 fully saturated rings. The molecule has 38 heavy (non-hydrogen) atoms. The van der Waals surface area contributed by atoms with Crippen molar-refractivity contribution in [3.63, 3.8) is 0 Å². The summed E-state index contributed by atoms with van der Waals surface area (Å²) in [6.45, 7) is 11.3. The smallest absolute Gasteiger partial charge is 0.247 e. The molecule has 10 heteroatoms. The van der Waals surface area contributed by atoms with Crippen LogP contribution in [0.3, 0.4) is 0 Å². The monoisotopic (exact) mass is 534 g/mol. The van der Waals surface area contributed by atoms with E-state index in [0.717, 1.165) is 17.2 Å². The zero-order valence-corrected chi connectivity index (χ0v) is 23.0. The van der Waals surface area contributed by atoms with Crippen molar-refractivity contribution in [1.82, 2.24) is 14.5 Å². The summed E-state index contributed by atoms with van der Waals surface area (Å²) in [4.78, 5) is 21.0. The molecule has 4 rings (SSSR count). The number of benzene rings is 2. The molecule has 0 spiro atoms. The van der Waals surface area contributed by atoms with Crippen LogP contribution in [0.1, 0.15) is 0 Å². The summed E-state index contributed by atoms with van der Waals surface area (Å²) in [6.07, 6.45) is 4.62. The lowest BCUT2D eigenvalue weighted by Crippen LogP contribution is -2.22. The molecule has 0 radical (unpaired) electrons. The lowest BCUT2D eigenvalue weighted by atomic mass is 10.1. The van der Waals surface area contributed by atoms with Gasteiger partial charge in [0.1, 0.15) is 18.0 Å². The average Bonchev–Trinajstić information content (AvgIpc) is 3.24. The minimum Gasteiger partial charge on any atom is -0.494 e. The van der Waals surface area contributed by atoms with E-state index in [1.807, 2.05) is 10.8 Å². The number of halogens is 1. The third-order valence-corrected chi connectivity index (χ3v) is 7.45. The summed E-state index contributed by atoms with van der Waals surface area (Å²) in [6, 6.07) is 12.6. The maximum Gasteiger partial charge on any atom is 0.247 e. The van der Waals surface area contributed by atoms with Crippen molar-refractivity contribution < 1.29 is 23.4 Å². The number of rotatable bonds is 11. The van der Waals surface area contributed by atoms with Gasteiger partial charge < -0.3 is 24.1 Å². The Kier molecular flexibility index (Phi) is 8.23. The maximum absolute atomic E-state index is 14.1. The summed E-state index contributed by atoms with van der Waals surface area (Å²) in [5.41, 5.74) is 3.19. The van der Waals surface area contributed by atoms with Crippen LogP contribution in [0.5, 0.6) is 17.4 Å². The van der Waals surface area contributed by atoms with Crippen molar-refractivity contribution in [3.8, 4) is 28.5 Å². The van der Waals surface area contributed by atoms with E-state index in [2.05, 4.69) is 36.5 Å². The largest absolute Gasteiger partial charge is 0.494 e. The number of carbonyl (C=O) groups excluding carboxylic acids is 1. The molecule has 0 saturated carbocycles. The zero-order chi connectivity index (χ0) is 27.3. The van der Waals surface area contributed by atoms with E-state index in [1.165, 1.54) is 25.4 Å². The average molecular weight is 535 g/mol. The number of carbonyl (C=O) groups is 1. The van der Waals surface area contributed by atoms with Gasteiger partial charge in [-0.2, -0.15) is 0 Å². The second kappa shape index (κ2) is 11.6. The molecule has 8 nitrogen and oxygen atoms in total. The second-order valence-corrected chi connectivity index (χ2v) is 15.5. The number of amides is 1. The lowest BCUT2D eigenvalue weighted by molar-refractivity contribution is -0.111. The first-order valence-corrected chi connectivity index (χ1v) is 15.9. The molecule has 1 N–H and O–H groups in total. The van der Waals surface area contributed by atoms with Crippen molar-refractivity contribution >= 4 is 30.8 Å². The first-order valence-electron chi connectivity index (χ1n) is 12.2. The summed E-state index contributed by atoms with van der Waals surface area (Å²) in [7, 11) is 0.197. The summed E-state index contributed by atoms with van der Waals surface area (Å²) in [5, 5.41) is 2.70. The fourth-order valence-electron chi connectivity index (χ4n) is 3.71. The number of aromatic nitrogens is 3. The normalized spacial score (nSPS) is 11.4. The van der Waals surface area contributed by atoms with Gasteiger partial charge in [0.25, 0.3) is 0 Å².